The van der Waals surface area contributed by atoms with Gasteiger partial charge in [0.05, 0.1) is 17.8 Å². The number of hydrogen-bond acceptors (Lipinski definition) is 5. The van der Waals surface area contributed by atoms with E-state index in [0.717, 1.165) is 49.3 Å². The fourth-order valence-corrected chi connectivity index (χ4v) is 4.41. The van der Waals surface area contributed by atoms with Gasteiger partial charge < -0.3 is 10.5 Å². The molecule has 0 spiro atoms. The van der Waals surface area contributed by atoms with Crippen molar-refractivity contribution in [2.24, 2.45) is 11.7 Å². The van der Waals surface area contributed by atoms with Crippen LogP contribution in [0.3, 0.4) is 0 Å². The summed E-state index contributed by atoms with van der Waals surface area (Å²) in [6, 6.07) is 18.5. The van der Waals surface area contributed by atoms with Gasteiger partial charge in [0.25, 0.3) is 5.88 Å². The van der Waals surface area contributed by atoms with Crippen molar-refractivity contribution in [3.05, 3.63) is 84.3 Å². The molecular formula is C26H27N5O2. The minimum atomic E-state index is -0.190. The highest BCUT2D eigenvalue weighted by molar-refractivity contribution is 5.77. The van der Waals surface area contributed by atoms with E-state index in [1.54, 1.807) is 6.20 Å². The monoisotopic (exact) mass is 441 g/mol. The predicted octanol–water partition coefficient (Wildman–Crippen LogP) is 3.67. The maximum Gasteiger partial charge on any atom is 0.258 e. The molecule has 1 unspecified atom stereocenters. The average Bonchev–Trinajstić information content (AvgIpc) is 3.29. The first-order valence-corrected chi connectivity index (χ1v) is 11.3. The van der Waals surface area contributed by atoms with Crippen LogP contribution in [-0.4, -0.2) is 38.3 Å². The minimum absolute atomic E-state index is 0.0388. The number of benzene rings is 2. The quantitative estimate of drug-likeness (QED) is 0.473. The topological polar surface area (TPSA) is 85.8 Å². The van der Waals surface area contributed by atoms with Crippen LogP contribution in [0.4, 0.5) is 0 Å². The van der Waals surface area contributed by atoms with Crippen molar-refractivity contribution < 1.29 is 9.53 Å². The van der Waals surface area contributed by atoms with Crippen LogP contribution in [0.2, 0.25) is 0 Å². The van der Waals surface area contributed by atoms with Gasteiger partial charge >= 0.3 is 0 Å². The molecule has 1 atom stereocenters. The molecule has 2 N–H and O–H groups in total. The smallest absolute Gasteiger partial charge is 0.258 e. The molecule has 1 aliphatic heterocycles. The molecule has 4 aromatic rings. The van der Waals surface area contributed by atoms with Crippen LogP contribution in [0, 0.1) is 5.92 Å². The molecule has 2 aromatic carbocycles. The highest BCUT2D eigenvalue weighted by Gasteiger charge is 2.23. The Hall–Kier alpha value is -3.71. The van der Waals surface area contributed by atoms with Crippen LogP contribution in [-0.2, 0) is 17.9 Å². The standard InChI is InChI=1S/C26H27N5O2/c27-24(32)22-7-4-13-30(17-22)16-19-8-10-21(11-9-19)23-15-29-25-26(28-12-14-31(23)25)33-18-20-5-2-1-3-6-20/h1-3,5-6,8-12,14-15,22H,4,7,13,16-18H2,(H2,27,32). The number of nitrogens with zero attached hydrogens (tertiary/aromatic N) is 4. The van der Waals surface area contributed by atoms with E-state index >= 15 is 0 Å². The maximum absolute atomic E-state index is 11.5. The normalized spacial score (nSPS) is 16.7. The van der Waals surface area contributed by atoms with Gasteiger partial charge in [0.15, 0.2) is 0 Å². The molecule has 7 heteroatoms. The summed E-state index contributed by atoms with van der Waals surface area (Å²) in [5.74, 6) is 0.283. The first-order valence-electron chi connectivity index (χ1n) is 11.3. The predicted molar refractivity (Wildman–Crippen MR) is 126 cm³/mol. The first-order chi connectivity index (χ1) is 16.2. The molecule has 0 aliphatic carbocycles. The van der Waals surface area contributed by atoms with Crippen LogP contribution in [0.25, 0.3) is 16.9 Å². The Labute approximate surface area is 192 Å². The number of likely N-dealkylation sites (tertiary alicyclic amines) is 1. The molecule has 0 radical (unpaired) electrons. The van der Waals surface area contributed by atoms with Crippen molar-refractivity contribution in [1.29, 1.82) is 0 Å². The third-order valence-electron chi connectivity index (χ3n) is 6.18. The van der Waals surface area contributed by atoms with Gasteiger partial charge in [0, 0.05) is 31.0 Å². The van der Waals surface area contributed by atoms with Gasteiger partial charge in [-0.3, -0.25) is 14.1 Å². The van der Waals surface area contributed by atoms with E-state index in [2.05, 4.69) is 39.1 Å². The van der Waals surface area contributed by atoms with Crippen LogP contribution in [0.15, 0.2) is 73.2 Å². The van der Waals surface area contributed by atoms with Gasteiger partial charge in [-0.05, 0) is 30.5 Å². The summed E-state index contributed by atoms with van der Waals surface area (Å²) in [7, 11) is 0. The molecule has 1 saturated heterocycles. The summed E-state index contributed by atoms with van der Waals surface area (Å²) >= 11 is 0. The van der Waals surface area contributed by atoms with Crippen LogP contribution in [0.1, 0.15) is 24.0 Å². The van der Waals surface area contributed by atoms with Gasteiger partial charge in [0.1, 0.15) is 6.61 Å². The van der Waals surface area contributed by atoms with Gasteiger partial charge in [-0.15, -0.1) is 0 Å². The van der Waals surface area contributed by atoms with Gasteiger partial charge in [-0.1, -0.05) is 54.6 Å². The van der Waals surface area contributed by atoms with Gasteiger partial charge in [0.2, 0.25) is 11.6 Å². The van der Waals surface area contributed by atoms with E-state index in [1.165, 1.54) is 5.56 Å². The van der Waals surface area contributed by atoms with Crippen LogP contribution >= 0.6 is 0 Å². The Morgan fingerprint density at radius 3 is 2.67 bits per heavy atom. The number of carbonyl (C=O) groups excluding carboxylic acids is 1. The molecule has 1 amide bonds. The number of hydrogen-bond donors (Lipinski definition) is 1. The van der Waals surface area contributed by atoms with Crippen molar-refractivity contribution in [3.8, 4) is 17.1 Å². The number of fused-ring (bicyclic) bond motifs is 1. The molecule has 1 fully saturated rings. The largest absolute Gasteiger partial charge is 0.470 e. The Balaban J connectivity index is 1.31. The highest BCUT2D eigenvalue weighted by atomic mass is 16.5. The third kappa shape index (κ3) is 4.73. The molecule has 33 heavy (non-hydrogen) atoms. The van der Waals surface area contributed by atoms with Crippen molar-refractivity contribution in [2.75, 3.05) is 13.1 Å². The summed E-state index contributed by atoms with van der Waals surface area (Å²) in [5, 5.41) is 0. The van der Waals surface area contributed by atoms with E-state index < -0.39 is 0 Å². The third-order valence-corrected chi connectivity index (χ3v) is 6.18. The molecule has 2 aromatic heterocycles. The Morgan fingerprint density at radius 1 is 1.06 bits per heavy atom. The minimum Gasteiger partial charge on any atom is -0.470 e. The zero-order valence-electron chi connectivity index (χ0n) is 18.4. The Bertz CT molecular complexity index is 1240. The summed E-state index contributed by atoms with van der Waals surface area (Å²) in [6.45, 7) is 3.00. The number of imidazole rings is 1. The zero-order chi connectivity index (χ0) is 22.6. The SMILES string of the molecule is NC(=O)C1CCCN(Cc2ccc(-c3cnc4c(OCc5ccccc5)nccn34)cc2)C1. The lowest BCUT2D eigenvalue weighted by atomic mass is 9.97. The van der Waals surface area contributed by atoms with Crippen molar-refractivity contribution in [3.63, 3.8) is 0 Å². The average molecular weight is 442 g/mol. The fourth-order valence-electron chi connectivity index (χ4n) is 4.41. The Morgan fingerprint density at radius 2 is 1.88 bits per heavy atom. The molecule has 168 valence electrons. The van der Waals surface area contributed by atoms with Gasteiger partial charge in [-0.2, -0.15) is 0 Å². The van der Waals surface area contributed by atoms with Crippen molar-refractivity contribution in [1.82, 2.24) is 19.3 Å². The van der Waals surface area contributed by atoms with E-state index in [0.29, 0.717) is 18.1 Å². The van der Waals surface area contributed by atoms with E-state index in [1.807, 2.05) is 47.1 Å². The molecular weight excluding hydrogens is 414 g/mol. The Kier molecular flexibility index (Phi) is 6.04. The van der Waals surface area contributed by atoms with E-state index in [4.69, 9.17) is 10.5 Å². The molecule has 0 bridgehead atoms. The number of aromatic nitrogens is 3. The fraction of sp³-hybridized carbons (Fsp3) is 0.269. The van der Waals surface area contributed by atoms with E-state index in [9.17, 15) is 4.79 Å². The second-order valence-corrected chi connectivity index (χ2v) is 8.52. The number of carbonyl (C=O) groups is 1. The second kappa shape index (κ2) is 9.42. The highest BCUT2D eigenvalue weighted by Crippen LogP contribution is 2.26. The summed E-state index contributed by atoms with van der Waals surface area (Å²) in [4.78, 5) is 22.8. The van der Waals surface area contributed by atoms with Gasteiger partial charge in [-0.25, -0.2) is 9.97 Å². The first kappa shape index (κ1) is 21.2. The number of amides is 1. The molecule has 7 nitrogen and oxygen atoms in total. The molecule has 3 heterocycles. The van der Waals surface area contributed by atoms with Crippen molar-refractivity contribution >= 4 is 11.6 Å². The lowest BCUT2D eigenvalue weighted by Crippen LogP contribution is -2.40. The van der Waals surface area contributed by atoms with Crippen LogP contribution < -0.4 is 10.5 Å². The summed E-state index contributed by atoms with van der Waals surface area (Å²) in [5.41, 5.74) is 10.6. The maximum atomic E-state index is 11.5. The lowest BCUT2D eigenvalue weighted by molar-refractivity contribution is -0.123. The molecule has 0 saturated carbocycles. The van der Waals surface area contributed by atoms with Crippen molar-refractivity contribution in [2.45, 2.75) is 26.0 Å². The molecule has 5 rings (SSSR count). The number of nitrogens with two attached hydrogens (primary N) is 1. The second-order valence-electron chi connectivity index (χ2n) is 8.52. The lowest BCUT2D eigenvalue weighted by Gasteiger charge is -2.31. The zero-order valence-corrected chi connectivity index (χ0v) is 18.4. The van der Waals surface area contributed by atoms with E-state index in [-0.39, 0.29) is 11.8 Å². The number of rotatable bonds is 7. The summed E-state index contributed by atoms with van der Waals surface area (Å²) in [6.07, 6.45) is 7.39. The number of ether oxygens (including phenoxy) is 1. The number of primary amides is 1. The molecule has 1 aliphatic rings. The number of piperidine rings is 1. The van der Waals surface area contributed by atoms with Crippen LogP contribution in [0.5, 0.6) is 5.88 Å². The summed E-state index contributed by atoms with van der Waals surface area (Å²) < 4.78 is 7.96.